The molecule has 2 N–H and O–H groups in total. The van der Waals surface area contributed by atoms with Gasteiger partial charge in [0.15, 0.2) is 0 Å². The zero-order chi connectivity index (χ0) is 24.7. The van der Waals surface area contributed by atoms with Crippen LogP contribution in [0.2, 0.25) is 0 Å². The topological polar surface area (TPSA) is 107 Å². The van der Waals surface area contributed by atoms with E-state index in [-0.39, 0.29) is 12.6 Å². The highest BCUT2D eigenvalue weighted by atomic mass is 16.5. The summed E-state index contributed by atoms with van der Waals surface area (Å²) in [4.78, 5) is 27.7. The fourth-order valence-corrected chi connectivity index (χ4v) is 4.07. The molecule has 0 saturated heterocycles. The number of ether oxygens (including phenoxy) is 3. The lowest BCUT2D eigenvalue weighted by Crippen LogP contribution is -2.48. The van der Waals surface area contributed by atoms with E-state index >= 15 is 0 Å². The summed E-state index contributed by atoms with van der Waals surface area (Å²) in [6.07, 6.45) is 1.76. The SMILES string of the molecule is CCOC(=O)C1=C(CN(C)Cc2ccnn2CC)NC(=O)N[C@@H]1c1ccc(OC)c(COC)c1. The van der Waals surface area contributed by atoms with Crippen LogP contribution in [-0.2, 0) is 34.0 Å². The Morgan fingerprint density at radius 1 is 1.21 bits per heavy atom. The van der Waals surface area contributed by atoms with Crippen LogP contribution in [0.1, 0.15) is 36.7 Å². The van der Waals surface area contributed by atoms with Crippen molar-refractivity contribution in [3.8, 4) is 5.75 Å². The molecule has 2 aromatic rings. The molecule has 0 fully saturated rings. The molecule has 0 aliphatic carbocycles. The van der Waals surface area contributed by atoms with E-state index in [0.717, 1.165) is 23.4 Å². The maximum atomic E-state index is 13.1. The van der Waals surface area contributed by atoms with Crippen molar-refractivity contribution in [1.82, 2.24) is 25.3 Å². The molecule has 0 spiro atoms. The number of amides is 2. The quantitative estimate of drug-likeness (QED) is 0.485. The molecule has 1 atom stereocenters. The molecule has 2 heterocycles. The fraction of sp³-hybridized carbons (Fsp3) is 0.458. The van der Waals surface area contributed by atoms with E-state index in [4.69, 9.17) is 14.2 Å². The second kappa shape index (κ2) is 11.7. The van der Waals surface area contributed by atoms with E-state index in [2.05, 4.69) is 15.7 Å². The molecule has 0 saturated carbocycles. The van der Waals surface area contributed by atoms with Gasteiger partial charge in [-0.3, -0.25) is 9.58 Å². The van der Waals surface area contributed by atoms with Gasteiger partial charge in [-0.25, -0.2) is 9.59 Å². The Bertz CT molecular complexity index is 1050. The van der Waals surface area contributed by atoms with Crippen LogP contribution in [0.5, 0.6) is 5.75 Å². The number of carbonyl (C=O) groups is 2. The van der Waals surface area contributed by atoms with Gasteiger partial charge in [0, 0.05) is 44.2 Å². The summed E-state index contributed by atoms with van der Waals surface area (Å²) in [5.41, 5.74) is 3.45. The lowest BCUT2D eigenvalue weighted by Gasteiger charge is -2.31. The second-order valence-electron chi connectivity index (χ2n) is 7.96. The van der Waals surface area contributed by atoms with Crippen molar-refractivity contribution >= 4 is 12.0 Å². The highest BCUT2D eigenvalue weighted by Crippen LogP contribution is 2.31. The molecule has 10 nitrogen and oxygen atoms in total. The third-order valence-electron chi connectivity index (χ3n) is 5.55. The predicted molar refractivity (Wildman–Crippen MR) is 126 cm³/mol. The molecule has 3 rings (SSSR count). The van der Waals surface area contributed by atoms with Crippen molar-refractivity contribution in [1.29, 1.82) is 0 Å². The Morgan fingerprint density at radius 3 is 2.68 bits per heavy atom. The van der Waals surface area contributed by atoms with Gasteiger partial charge in [0.05, 0.1) is 37.6 Å². The normalized spacial score (nSPS) is 15.8. The van der Waals surface area contributed by atoms with Crippen molar-refractivity contribution in [2.75, 3.05) is 34.4 Å². The van der Waals surface area contributed by atoms with Crippen LogP contribution in [-0.4, -0.2) is 61.1 Å². The van der Waals surface area contributed by atoms with E-state index in [9.17, 15) is 9.59 Å². The first-order valence-corrected chi connectivity index (χ1v) is 11.2. The van der Waals surface area contributed by atoms with Crippen LogP contribution in [0, 0.1) is 0 Å². The Balaban J connectivity index is 1.98. The van der Waals surface area contributed by atoms with Crippen molar-refractivity contribution in [2.45, 2.75) is 39.6 Å². The van der Waals surface area contributed by atoms with Gasteiger partial charge in [0.2, 0.25) is 0 Å². The maximum Gasteiger partial charge on any atom is 0.338 e. The molecule has 1 aliphatic heterocycles. The number of hydrogen-bond donors (Lipinski definition) is 2. The summed E-state index contributed by atoms with van der Waals surface area (Å²) < 4.78 is 18.0. The van der Waals surface area contributed by atoms with E-state index in [1.54, 1.807) is 33.4 Å². The van der Waals surface area contributed by atoms with Gasteiger partial charge < -0.3 is 24.8 Å². The number of esters is 1. The third-order valence-corrected chi connectivity index (χ3v) is 5.55. The highest BCUT2D eigenvalue weighted by molar-refractivity contribution is 5.95. The number of hydrogen-bond acceptors (Lipinski definition) is 7. The van der Waals surface area contributed by atoms with E-state index in [0.29, 0.717) is 36.7 Å². The van der Waals surface area contributed by atoms with Crippen LogP contribution in [0.4, 0.5) is 4.79 Å². The number of likely N-dealkylation sites (N-methyl/N-ethyl adjacent to an activating group) is 1. The summed E-state index contributed by atoms with van der Waals surface area (Å²) in [7, 11) is 5.11. The van der Waals surface area contributed by atoms with Crippen LogP contribution < -0.4 is 15.4 Å². The Kier molecular flexibility index (Phi) is 8.67. The number of urea groups is 1. The third kappa shape index (κ3) is 5.75. The monoisotopic (exact) mass is 471 g/mol. The van der Waals surface area contributed by atoms with Gasteiger partial charge in [-0.15, -0.1) is 0 Å². The molecular weight excluding hydrogens is 438 g/mol. The smallest absolute Gasteiger partial charge is 0.338 e. The molecule has 0 radical (unpaired) electrons. The zero-order valence-corrected chi connectivity index (χ0v) is 20.4. The number of methoxy groups -OCH3 is 2. The molecule has 2 amide bonds. The maximum absolute atomic E-state index is 13.1. The molecule has 184 valence electrons. The number of nitrogens with one attached hydrogen (secondary N) is 2. The first-order chi connectivity index (χ1) is 16.4. The minimum atomic E-state index is -0.682. The minimum absolute atomic E-state index is 0.222. The summed E-state index contributed by atoms with van der Waals surface area (Å²) in [6, 6.07) is 6.40. The van der Waals surface area contributed by atoms with Crippen molar-refractivity contribution in [2.24, 2.45) is 0 Å². The van der Waals surface area contributed by atoms with Gasteiger partial charge in [0.1, 0.15) is 5.75 Å². The predicted octanol–water partition coefficient (Wildman–Crippen LogP) is 2.36. The van der Waals surface area contributed by atoms with Crippen molar-refractivity contribution < 1.29 is 23.8 Å². The minimum Gasteiger partial charge on any atom is -0.496 e. The van der Waals surface area contributed by atoms with Gasteiger partial charge in [-0.2, -0.15) is 5.10 Å². The average Bonchev–Trinajstić information content (AvgIpc) is 3.25. The first kappa shape index (κ1) is 25.3. The molecule has 0 bridgehead atoms. The molecule has 1 aromatic heterocycles. The number of aryl methyl sites for hydroxylation is 1. The number of nitrogens with zero attached hydrogens (tertiary/aromatic N) is 3. The summed E-state index contributed by atoms with van der Waals surface area (Å²) >= 11 is 0. The van der Waals surface area contributed by atoms with Crippen LogP contribution in [0.3, 0.4) is 0 Å². The standard InChI is InChI=1S/C24H33N5O5/c1-6-29-18(10-11-25-29)13-28(3)14-19-21(23(30)34-7-2)22(27-24(31)26-19)16-8-9-20(33-5)17(12-16)15-32-4/h8-12,22H,6-7,13-15H2,1-5H3,(H2,26,27,31)/t22-/m1/s1. The molecule has 1 aliphatic rings. The van der Waals surface area contributed by atoms with Crippen LogP contribution in [0.15, 0.2) is 41.7 Å². The molecule has 0 unspecified atom stereocenters. The van der Waals surface area contributed by atoms with Crippen molar-refractivity contribution in [3.63, 3.8) is 0 Å². The number of aromatic nitrogens is 2. The van der Waals surface area contributed by atoms with Gasteiger partial charge in [-0.1, -0.05) is 6.07 Å². The Hall–Kier alpha value is -3.37. The molecule has 1 aromatic carbocycles. The van der Waals surface area contributed by atoms with E-state index in [1.165, 1.54) is 0 Å². The summed E-state index contributed by atoms with van der Waals surface area (Å²) in [5, 5.41) is 10.0. The van der Waals surface area contributed by atoms with E-state index in [1.807, 2.05) is 41.8 Å². The molecule has 10 heteroatoms. The van der Waals surface area contributed by atoms with Gasteiger partial charge in [-0.05, 0) is 44.7 Å². The molecule has 34 heavy (non-hydrogen) atoms. The number of benzene rings is 1. The average molecular weight is 472 g/mol. The first-order valence-electron chi connectivity index (χ1n) is 11.2. The Morgan fingerprint density at radius 2 is 2.00 bits per heavy atom. The lowest BCUT2D eigenvalue weighted by molar-refractivity contribution is -0.139. The lowest BCUT2D eigenvalue weighted by atomic mass is 9.93. The fourth-order valence-electron chi connectivity index (χ4n) is 4.07. The number of carbonyl (C=O) groups excluding carboxylic acids is 2. The molecular formula is C24H33N5O5. The van der Waals surface area contributed by atoms with Crippen LogP contribution >= 0.6 is 0 Å². The summed E-state index contributed by atoms with van der Waals surface area (Å²) in [6.45, 7) is 6.04. The zero-order valence-electron chi connectivity index (χ0n) is 20.4. The number of rotatable bonds is 11. The van der Waals surface area contributed by atoms with Crippen molar-refractivity contribution in [3.05, 3.63) is 58.6 Å². The largest absolute Gasteiger partial charge is 0.496 e. The van der Waals surface area contributed by atoms with Gasteiger partial charge in [0.25, 0.3) is 0 Å². The summed E-state index contributed by atoms with van der Waals surface area (Å²) in [5.74, 6) is 0.186. The van der Waals surface area contributed by atoms with Gasteiger partial charge >= 0.3 is 12.0 Å². The highest BCUT2D eigenvalue weighted by Gasteiger charge is 2.34. The van der Waals surface area contributed by atoms with E-state index < -0.39 is 12.0 Å². The van der Waals surface area contributed by atoms with Crippen LogP contribution in [0.25, 0.3) is 0 Å². The Labute approximate surface area is 199 Å². The second-order valence-corrected chi connectivity index (χ2v) is 7.96.